The Balaban J connectivity index is 1.56. The van der Waals surface area contributed by atoms with Crippen LogP contribution in [0.4, 0.5) is 5.69 Å². The minimum Gasteiger partial charge on any atom is -0.496 e. The second kappa shape index (κ2) is 8.54. The summed E-state index contributed by atoms with van der Waals surface area (Å²) in [5.41, 5.74) is 1.80. The Labute approximate surface area is 160 Å². The number of rotatable bonds is 8. The number of carbonyl (C=O) groups excluding carboxylic acids is 1. The molecule has 0 radical (unpaired) electrons. The van der Waals surface area contributed by atoms with Gasteiger partial charge in [0.1, 0.15) is 5.75 Å². The molecule has 1 N–H and O–H groups in total. The third-order valence-electron chi connectivity index (χ3n) is 4.64. The molecule has 1 aliphatic heterocycles. The van der Waals surface area contributed by atoms with Crippen LogP contribution in [-0.4, -0.2) is 34.5 Å². The summed E-state index contributed by atoms with van der Waals surface area (Å²) >= 11 is 0. The summed E-state index contributed by atoms with van der Waals surface area (Å²) in [6.07, 6.45) is 2.78. The van der Waals surface area contributed by atoms with Crippen molar-refractivity contribution in [3.63, 3.8) is 0 Å². The van der Waals surface area contributed by atoms with E-state index in [1.807, 2.05) is 24.3 Å². The highest BCUT2D eigenvalue weighted by Gasteiger charge is 2.22. The van der Waals surface area contributed by atoms with Gasteiger partial charge in [-0.1, -0.05) is 18.2 Å². The zero-order chi connectivity index (χ0) is 19.3. The molecule has 0 aromatic heterocycles. The predicted octanol–water partition coefficient (Wildman–Crippen LogP) is 2.73. The van der Waals surface area contributed by atoms with Crippen molar-refractivity contribution in [2.24, 2.45) is 0 Å². The van der Waals surface area contributed by atoms with Gasteiger partial charge in [0.15, 0.2) is 0 Å². The van der Waals surface area contributed by atoms with E-state index in [2.05, 4.69) is 4.72 Å². The topological polar surface area (TPSA) is 75.7 Å². The number of aryl methyl sites for hydroxylation is 1. The number of carbonyl (C=O) groups is 1. The van der Waals surface area contributed by atoms with Gasteiger partial charge in [-0.05, 0) is 55.2 Å². The summed E-state index contributed by atoms with van der Waals surface area (Å²) in [7, 11) is -1.94. The summed E-state index contributed by atoms with van der Waals surface area (Å²) in [4.78, 5) is 13.7. The predicted molar refractivity (Wildman–Crippen MR) is 105 cm³/mol. The van der Waals surface area contributed by atoms with Gasteiger partial charge < -0.3 is 9.64 Å². The number of ether oxygens (including phenoxy) is 1. The van der Waals surface area contributed by atoms with Crippen LogP contribution in [0.2, 0.25) is 0 Å². The Bertz CT molecular complexity index is 894. The number of hydrogen-bond acceptors (Lipinski definition) is 4. The van der Waals surface area contributed by atoms with Crippen molar-refractivity contribution in [3.05, 3.63) is 54.1 Å². The molecular weight excluding hydrogens is 364 g/mol. The average Bonchev–Trinajstić information content (AvgIpc) is 3.11. The van der Waals surface area contributed by atoms with Crippen LogP contribution in [0.15, 0.2) is 53.4 Å². The van der Waals surface area contributed by atoms with Crippen LogP contribution in [0.5, 0.6) is 5.75 Å². The van der Waals surface area contributed by atoms with E-state index >= 15 is 0 Å². The maximum absolute atomic E-state index is 12.4. The van der Waals surface area contributed by atoms with E-state index in [0.29, 0.717) is 25.9 Å². The number of methoxy groups -OCH3 is 1. The second-order valence-corrected chi connectivity index (χ2v) is 8.22. The molecule has 6 nitrogen and oxygen atoms in total. The molecule has 0 bridgehead atoms. The highest BCUT2D eigenvalue weighted by molar-refractivity contribution is 7.89. The SMILES string of the molecule is COc1ccccc1CCCNS(=O)(=O)c1ccc(N2CCCC2=O)cc1. The van der Waals surface area contributed by atoms with Gasteiger partial charge in [0.05, 0.1) is 12.0 Å². The summed E-state index contributed by atoms with van der Waals surface area (Å²) in [6, 6.07) is 14.2. The lowest BCUT2D eigenvalue weighted by atomic mass is 10.1. The first-order valence-corrected chi connectivity index (χ1v) is 10.5. The fourth-order valence-corrected chi connectivity index (χ4v) is 4.28. The fraction of sp³-hybridized carbons (Fsp3) is 0.350. The number of para-hydroxylation sites is 1. The van der Waals surface area contributed by atoms with Gasteiger partial charge in [-0.2, -0.15) is 0 Å². The Kier molecular flexibility index (Phi) is 6.13. The minimum absolute atomic E-state index is 0.0834. The molecule has 7 heteroatoms. The van der Waals surface area contributed by atoms with Crippen molar-refractivity contribution in [2.75, 3.05) is 25.1 Å². The van der Waals surface area contributed by atoms with Crippen LogP contribution in [0.1, 0.15) is 24.8 Å². The first-order valence-electron chi connectivity index (χ1n) is 9.03. The Morgan fingerprint density at radius 2 is 1.85 bits per heavy atom. The lowest BCUT2D eigenvalue weighted by Crippen LogP contribution is -2.26. The monoisotopic (exact) mass is 388 g/mol. The van der Waals surface area contributed by atoms with E-state index in [-0.39, 0.29) is 10.8 Å². The van der Waals surface area contributed by atoms with Crippen LogP contribution < -0.4 is 14.4 Å². The minimum atomic E-state index is -3.57. The molecule has 0 unspecified atom stereocenters. The van der Waals surface area contributed by atoms with E-state index in [0.717, 1.165) is 29.8 Å². The summed E-state index contributed by atoms with van der Waals surface area (Å²) in [6.45, 7) is 1.03. The maximum Gasteiger partial charge on any atom is 0.240 e. The van der Waals surface area contributed by atoms with E-state index in [1.54, 1.807) is 36.3 Å². The molecule has 1 amide bonds. The van der Waals surface area contributed by atoms with E-state index in [4.69, 9.17) is 4.74 Å². The van der Waals surface area contributed by atoms with Gasteiger partial charge in [0.2, 0.25) is 15.9 Å². The highest BCUT2D eigenvalue weighted by Crippen LogP contribution is 2.23. The molecule has 1 fully saturated rings. The maximum atomic E-state index is 12.4. The third-order valence-corrected chi connectivity index (χ3v) is 6.12. The first kappa shape index (κ1) is 19.4. The van der Waals surface area contributed by atoms with Gasteiger partial charge in [-0.25, -0.2) is 13.1 Å². The number of hydrogen-bond donors (Lipinski definition) is 1. The summed E-state index contributed by atoms with van der Waals surface area (Å²) in [5, 5.41) is 0. The van der Waals surface area contributed by atoms with Crippen molar-refractivity contribution < 1.29 is 17.9 Å². The molecule has 0 atom stereocenters. The molecule has 2 aromatic carbocycles. The number of sulfonamides is 1. The van der Waals surface area contributed by atoms with E-state index < -0.39 is 10.0 Å². The molecule has 0 saturated carbocycles. The van der Waals surface area contributed by atoms with Crippen LogP contribution >= 0.6 is 0 Å². The molecule has 1 aliphatic rings. The second-order valence-electron chi connectivity index (χ2n) is 6.46. The van der Waals surface area contributed by atoms with Crippen LogP contribution in [0.3, 0.4) is 0 Å². The van der Waals surface area contributed by atoms with Gasteiger partial charge in [-0.15, -0.1) is 0 Å². The normalized spacial score (nSPS) is 14.6. The smallest absolute Gasteiger partial charge is 0.240 e. The van der Waals surface area contributed by atoms with Gasteiger partial charge in [-0.3, -0.25) is 4.79 Å². The van der Waals surface area contributed by atoms with Gasteiger partial charge >= 0.3 is 0 Å². The number of amides is 1. The van der Waals surface area contributed by atoms with Crippen LogP contribution in [0.25, 0.3) is 0 Å². The molecule has 2 aromatic rings. The van der Waals surface area contributed by atoms with Crippen molar-refractivity contribution in [1.29, 1.82) is 0 Å². The molecule has 27 heavy (non-hydrogen) atoms. The number of nitrogens with zero attached hydrogens (tertiary/aromatic N) is 1. The molecular formula is C20H24N2O4S. The van der Waals surface area contributed by atoms with Gasteiger partial charge in [0, 0.05) is 25.2 Å². The molecule has 3 rings (SSSR count). The highest BCUT2D eigenvalue weighted by atomic mass is 32.2. The molecule has 144 valence electrons. The summed E-state index contributed by atoms with van der Waals surface area (Å²) < 4.78 is 32.8. The molecule has 0 spiro atoms. The quantitative estimate of drug-likeness (QED) is 0.706. The fourth-order valence-electron chi connectivity index (χ4n) is 3.20. The van der Waals surface area contributed by atoms with Crippen molar-refractivity contribution >= 4 is 21.6 Å². The lowest BCUT2D eigenvalue weighted by Gasteiger charge is -2.16. The Hall–Kier alpha value is -2.38. The Morgan fingerprint density at radius 1 is 1.11 bits per heavy atom. The molecule has 1 saturated heterocycles. The van der Waals surface area contributed by atoms with E-state index in [9.17, 15) is 13.2 Å². The Morgan fingerprint density at radius 3 is 2.52 bits per heavy atom. The zero-order valence-corrected chi connectivity index (χ0v) is 16.2. The van der Waals surface area contributed by atoms with Crippen molar-refractivity contribution in [1.82, 2.24) is 4.72 Å². The van der Waals surface area contributed by atoms with Crippen molar-refractivity contribution in [3.8, 4) is 5.75 Å². The number of nitrogens with one attached hydrogen (secondary N) is 1. The standard InChI is InChI=1S/C20H24N2O4S/c1-26-19-8-3-2-6-16(19)7-4-14-21-27(24,25)18-12-10-17(11-13-18)22-15-5-9-20(22)23/h2-3,6,8,10-13,21H,4-5,7,9,14-15H2,1H3. The summed E-state index contributed by atoms with van der Waals surface area (Å²) in [5.74, 6) is 0.896. The van der Waals surface area contributed by atoms with Crippen molar-refractivity contribution in [2.45, 2.75) is 30.6 Å². The van der Waals surface area contributed by atoms with Crippen LogP contribution in [-0.2, 0) is 21.2 Å². The zero-order valence-electron chi connectivity index (χ0n) is 15.3. The van der Waals surface area contributed by atoms with Crippen LogP contribution in [0, 0.1) is 0 Å². The molecule has 0 aliphatic carbocycles. The third kappa shape index (κ3) is 4.67. The first-order chi connectivity index (χ1) is 13.0. The lowest BCUT2D eigenvalue weighted by molar-refractivity contribution is -0.117. The largest absolute Gasteiger partial charge is 0.496 e. The van der Waals surface area contributed by atoms with E-state index in [1.165, 1.54) is 0 Å². The number of benzene rings is 2. The van der Waals surface area contributed by atoms with Gasteiger partial charge in [0.25, 0.3) is 0 Å². The molecule has 1 heterocycles. The average molecular weight is 388 g/mol. The number of anilines is 1.